The van der Waals surface area contributed by atoms with Gasteiger partial charge < -0.3 is 15.4 Å². The van der Waals surface area contributed by atoms with Crippen LogP contribution >= 0.6 is 0 Å². The summed E-state index contributed by atoms with van der Waals surface area (Å²) in [4.78, 5) is 15.6. The van der Waals surface area contributed by atoms with Crippen molar-refractivity contribution < 1.29 is 9.53 Å². The molecule has 0 aliphatic carbocycles. The molecule has 18 heavy (non-hydrogen) atoms. The van der Waals surface area contributed by atoms with Gasteiger partial charge in [-0.2, -0.15) is 0 Å². The van der Waals surface area contributed by atoms with Crippen molar-refractivity contribution in [2.24, 2.45) is 10.9 Å². The van der Waals surface area contributed by atoms with E-state index in [1.807, 2.05) is 13.8 Å². The molecule has 0 saturated heterocycles. The van der Waals surface area contributed by atoms with Crippen LogP contribution in [0.1, 0.15) is 40.5 Å². The van der Waals surface area contributed by atoms with E-state index in [4.69, 9.17) is 4.74 Å². The Balaban J connectivity index is 3.83. The summed E-state index contributed by atoms with van der Waals surface area (Å²) in [5, 5.41) is 6.38. The molecule has 0 aliphatic rings. The average molecular weight is 257 g/mol. The predicted molar refractivity (Wildman–Crippen MR) is 74.7 cm³/mol. The van der Waals surface area contributed by atoms with Gasteiger partial charge in [-0.25, -0.2) is 0 Å². The third kappa shape index (κ3) is 9.93. The van der Waals surface area contributed by atoms with E-state index in [2.05, 4.69) is 29.5 Å². The summed E-state index contributed by atoms with van der Waals surface area (Å²) in [5.41, 5.74) is 0. The lowest BCUT2D eigenvalue weighted by Crippen LogP contribution is -2.38. The Morgan fingerprint density at radius 3 is 2.56 bits per heavy atom. The topological polar surface area (TPSA) is 62.7 Å². The van der Waals surface area contributed by atoms with Gasteiger partial charge in [0.15, 0.2) is 5.96 Å². The smallest absolute Gasteiger partial charge is 0.305 e. The number of ether oxygens (including phenoxy) is 1. The van der Waals surface area contributed by atoms with Crippen LogP contribution < -0.4 is 10.6 Å². The molecule has 0 atom stereocenters. The Morgan fingerprint density at radius 1 is 1.28 bits per heavy atom. The molecule has 5 nitrogen and oxygen atoms in total. The van der Waals surface area contributed by atoms with Crippen LogP contribution in [0.5, 0.6) is 0 Å². The monoisotopic (exact) mass is 257 g/mol. The normalized spacial score (nSPS) is 11.5. The molecule has 0 aromatic heterocycles. The maximum absolute atomic E-state index is 11.1. The van der Waals surface area contributed by atoms with Gasteiger partial charge in [-0.15, -0.1) is 0 Å². The number of guanidine groups is 1. The average Bonchev–Trinajstić information content (AvgIpc) is 2.31. The highest BCUT2D eigenvalue weighted by Gasteiger charge is 2.02. The Morgan fingerprint density at radius 2 is 2.00 bits per heavy atom. The van der Waals surface area contributed by atoms with E-state index < -0.39 is 0 Å². The van der Waals surface area contributed by atoms with E-state index >= 15 is 0 Å². The summed E-state index contributed by atoms with van der Waals surface area (Å²) in [7, 11) is 0. The molecule has 0 unspecified atom stereocenters. The van der Waals surface area contributed by atoms with Gasteiger partial charge in [0.1, 0.15) is 0 Å². The number of carbonyl (C=O) groups excluding carboxylic acids is 1. The third-order valence-corrected chi connectivity index (χ3v) is 2.11. The third-order valence-electron chi connectivity index (χ3n) is 2.11. The number of rotatable bonds is 8. The standard InChI is InChI=1S/C13H27N3O2/c1-5-14-13(16-10-11(3)4)15-9-7-8-12(17)18-6-2/h11H,5-10H2,1-4H3,(H2,14,15,16). The van der Waals surface area contributed by atoms with Gasteiger partial charge in [-0.05, 0) is 26.2 Å². The predicted octanol–water partition coefficient (Wildman–Crippen LogP) is 1.54. The second-order valence-electron chi connectivity index (χ2n) is 4.45. The highest BCUT2D eigenvalue weighted by molar-refractivity contribution is 5.79. The molecular formula is C13H27N3O2. The van der Waals surface area contributed by atoms with E-state index in [0.717, 1.165) is 32.0 Å². The molecular weight excluding hydrogens is 230 g/mol. The Bertz CT molecular complexity index is 253. The zero-order valence-electron chi connectivity index (χ0n) is 12.1. The van der Waals surface area contributed by atoms with E-state index in [1.165, 1.54) is 0 Å². The Kier molecular flexibility index (Phi) is 10.1. The minimum Gasteiger partial charge on any atom is -0.466 e. The van der Waals surface area contributed by atoms with Crippen molar-refractivity contribution in [3.63, 3.8) is 0 Å². The number of nitrogens with one attached hydrogen (secondary N) is 2. The molecule has 0 spiro atoms. The quantitative estimate of drug-likeness (QED) is 0.300. The largest absolute Gasteiger partial charge is 0.466 e. The van der Waals surface area contributed by atoms with Gasteiger partial charge in [0.2, 0.25) is 0 Å². The van der Waals surface area contributed by atoms with Crippen LogP contribution in [-0.4, -0.2) is 38.2 Å². The summed E-state index contributed by atoms with van der Waals surface area (Å²) >= 11 is 0. The second-order valence-corrected chi connectivity index (χ2v) is 4.45. The molecule has 0 fully saturated rings. The zero-order chi connectivity index (χ0) is 13.8. The number of hydrogen-bond acceptors (Lipinski definition) is 3. The van der Waals surface area contributed by atoms with E-state index in [-0.39, 0.29) is 5.97 Å². The van der Waals surface area contributed by atoms with Gasteiger partial charge in [0.25, 0.3) is 0 Å². The molecule has 0 radical (unpaired) electrons. The maximum Gasteiger partial charge on any atom is 0.305 e. The Hall–Kier alpha value is -1.26. The lowest BCUT2D eigenvalue weighted by atomic mass is 10.2. The number of carbonyl (C=O) groups is 1. The summed E-state index contributed by atoms with van der Waals surface area (Å²) in [5.74, 6) is 1.22. The van der Waals surface area contributed by atoms with Gasteiger partial charge in [-0.1, -0.05) is 13.8 Å². The molecule has 0 aromatic rings. The van der Waals surface area contributed by atoms with Crippen molar-refractivity contribution >= 4 is 11.9 Å². The minimum atomic E-state index is -0.136. The van der Waals surface area contributed by atoms with Crippen LogP contribution in [0.15, 0.2) is 4.99 Å². The van der Waals surface area contributed by atoms with Crippen molar-refractivity contribution in [1.29, 1.82) is 0 Å². The number of hydrogen-bond donors (Lipinski definition) is 2. The van der Waals surface area contributed by atoms with Crippen LogP contribution in [0.2, 0.25) is 0 Å². The molecule has 0 heterocycles. The lowest BCUT2D eigenvalue weighted by Gasteiger charge is -2.11. The maximum atomic E-state index is 11.1. The van der Waals surface area contributed by atoms with Crippen molar-refractivity contribution in [2.75, 3.05) is 26.2 Å². The van der Waals surface area contributed by atoms with Crippen molar-refractivity contribution in [1.82, 2.24) is 10.6 Å². The fraction of sp³-hybridized carbons (Fsp3) is 0.846. The first kappa shape index (κ1) is 16.7. The summed E-state index contributed by atoms with van der Waals surface area (Å²) < 4.78 is 4.86. The Labute approximate surface area is 110 Å². The second kappa shape index (κ2) is 10.9. The molecule has 0 aromatic carbocycles. The van der Waals surface area contributed by atoms with Gasteiger partial charge in [0, 0.05) is 26.1 Å². The van der Waals surface area contributed by atoms with Crippen molar-refractivity contribution in [3.05, 3.63) is 0 Å². The first-order valence-electron chi connectivity index (χ1n) is 6.77. The van der Waals surface area contributed by atoms with Crippen LogP contribution in [0.3, 0.4) is 0 Å². The number of aliphatic imine (C=N–C) groups is 1. The van der Waals surface area contributed by atoms with Crippen LogP contribution in [-0.2, 0) is 9.53 Å². The molecule has 0 bridgehead atoms. The minimum absolute atomic E-state index is 0.136. The summed E-state index contributed by atoms with van der Waals surface area (Å²) in [6, 6.07) is 0. The van der Waals surface area contributed by atoms with Crippen LogP contribution in [0, 0.1) is 5.92 Å². The summed E-state index contributed by atoms with van der Waals surface area (Å²) in [6.45, 7) is 10.9. The molecule has 0 amide bonds. The molecule has 2 N–H and O–H groups in total. The zero-order valence-corrected chi connectivity index (χ0v) is 12.1. The van der Waals surface area contributed by atoms with E-state index in [9.17, 15) is 4.79 Å². The molecule has 0 saturated carbocycles. The number of nitrogens with zero attached hydrogens (tertiary/aromatic N) is 1. The lowest BCUT2D eigenvalue weighted by molar-refractivity contribution is -0.143. The van der Waals surface area contributed by atoms with Gasteiger partial charge in [-0.3, -0.25) is 9.79 Å². The van der Waals surface area contributed by atoms with Crippen LogP contribution in [0.25, 0.3) is 0 Å². The molecule has 0 rings (SSSR count). The highest BCUT2D eigenvalue weighted by atomic mass is 16.5. The van der Waals surface area contributed by atoms with E-state index in [0.29, 0.717) is 18.9 Å². The SMILES string of the molecule is CCNC(=NCC(C)C)NCCCC(=O)OCC. The first-order valence-corrected chi connectivity index (χ1v) is 6.77. The van der Waals surface area contributed by atoms with Gasteiger partial charge >= 0.3 is 5.97 Å². The summed E-state index contributed by atoms with van der Waals surface area (Å²) in [6.07, 6.45) is 1.20. The van der Waals surface area contributed by atoms with E-state index in [1.54, 1.807) is 0 Å². The number of esters is 1. The molecule has 5 heteroatoms. The highest BCUT2D eigenvalue weighted by Crippen LogP contribution is 1.93. The van der Waals surface area contributed by atoms with Crippen LogP contribution in [0.4, 0.5) is 0 Å². The first-order chi connectivity index (χ1) is 8.60. The molecule has 106 valence electrons. The fourth-order valence-electron chi connectivity index (χ4n) is 1.29. The van der Waals surface area contributed by atoms with Gasteiger partial charge in [0.05, 0.1) is 6.61 Å². The molecule has 0 aliphatic heterocycles. The van der Waals surface area contributed by atoms with Crippen molar-refractivity contribution in [3.8, 4) is 0 Å². The van der Waals surface area contributed by atoms with Crippen molar-refractivity contribution in [2.45, 2.75) is 40.5 Å². The fourth-order valence-corrected chi connectivity index (χ4v) is 1.29.